The molecule has 204 valence electrons. The van der Waals surface area contributed by atoms with E-state index in [0.29, 0.717) is 47.9 Å². The minimum atomic E-state index is -0.796. The van der Waals surface area contributed by atoms with Gasteiger partial charge in [0.2, 0.25) is 0 Å². The fraction of sp³-hybridized carbons (Fsp3) is 0.290. The highest BCUT2D eigenvalue weighted by Gasteiger charge is 2.46. The number of nitrogens with zero attached hydrogens (tertiary/aromatic N) is 2. The average Bonchev–Trinajstić information content (AvgIpc) is 3.21. The lowest BCUT2D eigenvalue weighted by Crippen LogP contribution is -2.32. The molecule has 0 aliphatic carbocycles. The predicted molar refractivity (Wildman–Crippen MR) is 149 cm³/mol. The molecule has 1 atom stereocenters. The molecule has 1 fully saturated rings. The van der Waals surface area contributed by atoms with Gasteiger partial charge in [0.05, 0.1) is 25.8 Å². The highest BCUT2D eigenvalue weighted by Crippen LogP contribution is 2.42. The maximum absolute atomic E-state index is 13.3. The Morgan fingerprint density at radius 2 is 1.69 bits per heavy atom. The maximum atomic E-state index is 13.3. The van der Waals surface area contributed by atoms with Gasteiger partial charge in [0.25, 0.3) is 11.7 Å². The summed E-state index contributed by atoms with van der Waals surface area (Å²) in [5, 5.41) is 11.3. The first-order valence-electron chi connectivity index (χ1n) is 12.8. The lowest BCUT2D eigenvalue weighted by atomic mass is 9.95. The molecule has 1 amide bonds. The van der Waals surface area contributed by atoms with E-state index >= 15 is 0 Å². The smallest absolute Gasteiger partial charge is 0.295 e. The molecule has 1 aliphatic rings. The van der Waals surface area contributed by atoms with Crippen LogP contribution in [0.4, 0.5) is 0 Å². The number of amides is 1. The summed E-state index contributed by atoms with van der Waals surface area (Å²) < 4.78 is 16.9. The molecule has 4 rings (SSSR count). The average molecular weight is 531 g/mol. The molecule has 8 nitrogen and oxygen atoms in total. The number of carbonyl (C=O) groups is 2. The van der Waals surface area contributed by atoms with Gasteiger partial charge < -0.3 is 29.1 Å². The molecule has 0 radical (unpaired) electrons. The van der Waals surface area contributed by atoms with Crippen molar-refractivity contribution in [3.63, 3.8) is 0 Å². The van der Waals surface area contributed by atoms with Gasteiger partial charge in [-0.15, -0.1) is 0 Å². The largest absolute Gasteiger partial charge is 0.507 e. The van der Waals surface area contributed by atoms with E-state index in [0.717, 1.165) is 12.1 Å². The van der Waals surface area contributed by atoms with Crippen molar-refractivity contribution in [1.29, 1.82) is 0 Å². The topological polar surface area (TPSA) is 88.5 Å². The molecular weight excluding hydrogens is 496 g/mol. The fourth-order valence-electron chi connectivity index (χ4n) is 4.65. The molecule has 3 aromatic carbocycles. The Morgan fingerprint density at radius 3 is 2.38 bits per heavy atom. The van der Waals surface area contributed by atoms with E-state index < -0.39 is 17.7 Å². The summed E-state index contributed by atoms with van der Waals surface area (Å²) in [7, 11) is 6.97. The molecule has 39 heavy (non-hydrogen) atoms. The lowest BCUT2D eigenvalue weighted by Gasteiger charge is -2.26. The number of methoxy groups -OCH3 is 2. The lowest BCUT2D eigenvalue weighted by molar-refractivity contribution is -0.139. The van der Waals surface area contributed by atoms with Crippen molar-refractivity contribution in [2.24, 2.45) is 0 Å². The Kier molecular flexibility index (Phi) is 8.88. The Balaban J connectivity index is 1.75. The van der Waals surface area contributed by atoms with Crippen LogP contribution in [0.1, 0.15) is 29.2 Å². The summed E-state index contributed by atoms with van der Waals surface area (Å²) in [6, 6.07) is 21.1. The van der Waals surface area contributed by atoms with Crippen LogP contribution in [0, 0.1) is 0 Å². The van der Waals surface area contributed by atoms with Crippen LogP contribution in [0.15, 0.2) is 78.4 Å². The Bertz CT molecular complexity index is 1350. The first kappa shape index (κ1) is 27.7. The highest BCUT2D eigenvalue weighted by molar-refractivity contribution is 6.46. The first-order chi connectivity index (χ1) is 18.8. The van der Waals surface area contributed by atoms with Crippen molar-refractivity contribution in [3.05, 3.63) is 95.1 Å². The predicted octanol–water partition coefficient (Wildman–Crippen LogP) is 4.66. The monoisotopic (exact) mass is 530 g/mol. The van der Waals surface area contributed by atoms with Crippen LogP contribution in [-0.4, -0.2) is 68.0 Å². The number of aliphatic hydroxyl groups is 1. The molecule has 8 heteroatoms. The van der Waals surface area contributed by atoms with Gasteiger partial charge in [-0.25, -0.2) is 0 Å². The summed E-state index contributed by atoms with van der Waals surface area (Å²) in [4.78, 5) is 30.1. The van der Waals surface area contributed by atoms with E-state index in [1.807, 2.05) is 49.3 Å². The fourth-order valence-corrected chi connectivity index (χ4v) is 4.65. The second-order valence-corrected chi connectivity index (χ2v) is 9.57. The van der Waals surface area contributed by atoms with Crippen molar-refractivity contribution < 1.29 is 28.9 Å². The van der Waals surface area contributed by atoms with Crippen LogP contribution in [0.5, 0.6) is 17.2 Å². The molecule has 1 aliphatic heterocycles. The number of likely N-dealkylation sites (tertiary alicyclic amines) is 1. The quantitative estimate of drug-likeness (QED) is 0.219. The number of Topliss-reactive ketones (excluding diaryl/α,β-unsaturated/α-hetero) is 1. The number of aliphatic hydroxyl groups excluding tert-OH is 1. The van der Waals surface area contributed by atoms with Gasteiger partial charge in [0.15, 0.2) is 11.5 Å². The molecule has 0 bridgehead atoms. The van der Waals surface area contributed by atoms with Crippen LogP contribution in [0.2, 0.25) is 0 Å². The number of benzene rings is 3. The van der Waals surface area contributed by atoms with Crippen LogP contribution < -0.4 is 14.2 Å². The summed E-state index contributed by atoms with van der Waals surface area (Å²) >= 11 is 0. The zero-order valence-electron chi connectivity index (χ0n) is 22.7. The minimum Gasteiger partial charge on any atom is -0.507 e. The van der Waals surface area contributed by atoms with Gasteiger partial charge in [-0.3, -0.25) is 9.59 Å². The maximum Gasteiger partial charge on any atom is 0.295 e. The van der Waals surface area contributed by atoms with Crippen molar-refractivity contribution in [2.45, 2.75) is 19.1 Å². The van der Waals surface area contributed by atoms with Crippen LogP contribution in [0.3, 0.4) is 0 Å². The third-order valence-corrected chi connectivity index (χ3v) is 6.63. The van der Waals surface area contributed by atoms with Gasteiger partial charge in [-0.05, 0) is 62.5 Å². The summed E-state index contributed by atoms with van der Waals surface area (Å²) in [5.41, 5.74) is 2.06. The van der Waals surface area contributed by atoms with Gasteiger partial charge in [-0.2, -0.15) is 0 Å². The van der Waals surface area contributed by atoms with E-state index in [4.69, 9.17) is 14.2 Å². The Morgan fingerprint density at radius 1 is 0.923 bits per heavy atom. The second kappa shape index (κ2) is 12.5. The van der Waals surface area contributed by atoms with E-state index in [9.17, 15) is 14.7 Å². The van der Waals surface area contributed by atoms with Crippen molar-refractivity contribution in [1.82, 2.24) is 9.80 Å². The van der Waals surface area contributed by atoms with Gasteiger partial charge in [0, 0.05) is 12.1 Å². The van der Waals surface area contributed by atoms with Crippen LogP contribution >= 0.6 is 0 Å². The molecule has 1 unspecified atom stereocenters. The first-order valence-corrected chi connectivity index (χ1v) is 12.8. The molecule has 3 aromatic rings. The SMILES string of the molecule is COc1cccc(/C(O)=C2\C(=O)C(=O)N(CCCN(C)C)C2c2ccc(OCc3ccccc3)c(OC)c2)c1. The Hall–Kier alpha value is -4.30. The van der Waals surface area contributed by atoms with Crippen molar-refractivity contribution in [3.8, 4) is 17.2 Å². The third kappa shape index (κ3) is 6.23. The molecule has 0 aromatic heterocycles. The van der Waals surface area contributed by atoms with Crippen LogP contribution in [0.25, 0.3) is 5.76 Å². The zero-order chi connectivity index (χ0) is 27.9. The van der Waals surface area contributed by atoms with Gasteiger partial charge in [0.1, 0.15) is 18.1 Å². The molecule has 1 saturated heterocycles. The minimum absolute atomic E-state index is 0.0260. The van der Waals surface area contributed by atoms with E-state index in [2.05, 4.69) is 0 Å². The van der Waals surface area contributed by atoms with E-state index in [-0.39, 0.29) is 11.3 Å². The molecule has 0 spiro atoms. The highest BCUT2D eigenvalue weighted by atomic mass is 16.5. The molecule has 1 N–H and O–H groups in total. The summed E-state index contributed by atoms with van der Waals surface area (Å²) in [6.45, 7) is 1.44. The van der Waals surface area contributed by atoms with Gasteiger partial charge in [-0.1, -0.05) is 48.5 Å². The summed E-state index contributed by atoms with van der Waals surface area (Å²) in [6.07, 6.45) is 0.658. The third-order valence-electron chi connectivity index (χ3n) is 6.63. The second-order valence-electron chi connectivity index (χ2n) is 9.57. The van der Waals surface area contributed by atoms with Crippen LogP contribution in [-0.2, 0) is 16.2 Å². The van der Waals surface area contributed by atoms with Gasteiger partial charge >= 0.3 is 0 Å². The number of hydrogen-bond donors (Lipinski definition) is 1. The molecular formula is C31H34N2O6. The summed E-state index contributed by atoms with van der Waals surface area (Å²) in [5.74, 6) is -0.112. The van der Waals surface area contributed by atoms with Crippen molar-refractivity contribution in [2.75, 3.05) is 41.4 Å². The molecule has 0 saturated carbocycles. The standard InChI is InChI=1S/C31H34N2O6/c1-32(2)16-9-17-33-28(27(30(35)31(33)36)29(34)23-12-8-13-24(18-23)37-3)22-14-15-25(26(19-22)38-4)39-20-21-10-6-5-7-11-21/h5-8,10-15,18-19,28,34H,9,16-17,20H2,1-4H3/b29-27+. The van der Waals surface area contributed by atoms with Crippen molar-refractivity contribution >= 4 is 17.4 Å². The number of carbonyl (C=O) groups excluding carboxylic acids is 2. The molecule has 1 heterocycles. The number of ketones is 1. The number of hydrogen-bond acceptors (Lipinski definition) is 7. The normalized spacial score (nSPS) is 16.5. The Labute approximate surface area is 229 Å². The zero-order valence-corrected chi connectivity index (χ0v) is 22.7. The number of ether oxygens (including phenoxy) is 3. The van der Waals surface area contributed by atoms with E-state index in [1.54, 1.807) is 49.6 Å². The van der Waals surface area contributed by atoms with E-state index in [1.165, 1.54) is 12.0 Å². The number of rotatable bonds is 11.